The van der Waals surface area contributed by atoms with Gasteiger partial charge in [-0.1, -0.05) is 87.6 Å². The van der Waals surface area contributed by atoms with Crippen LogP contribution in [-0.4, -0.2) is 0 Å². The van der Waals surface area contributed by atoms with Crippen LogP contribution in [0.25, 0.3) is 6.08 Å². The Balaban J connectivity index is 2.17. The summed E-state index contributed by atoms with van der Waals surface area (Å²) in [5, 5.41) is 0.544. The molecule has 120 valence electrons. The first-order chi connectivity index (χ1) is 10.7. The van der Waals surface area contributed by atoms with Gasteiger partial charge in [0.15, 0.2) is 5.83 Å². The molecule has 0 aliphatic heterocycles. The van der Waals surface area contributed by atoms with Gasteiger partial charge in [-0.15, -0.1) is 0 Å². The van der Waals surface area contributed by atoms with E-state index in [1.165, 1.54) is 51.0 Å². The number of hydrogen-bond donors (Lipinski definition) is 0. The smallest absolute Gasteiger partial charge is 0.173 e. The molecule has 0 aliphatic rings. The van der Waals surface area contributed by atoms with Crippen LogP contribution in [0.5, 0.6) is 0 Å². The first kappa shape index (κ1) is 18.8. The molecule has 0 amide bonds. The van der Waals surface area contributed by atoms with E-state index in [1.807, 2.05) is 12.1 Å². The van der Waals surface area contributed by atoms with Gasteiger partial charge in [-0.2, -0.15) is 4.39 Å². The molecule has 0 fully saturated rings. The molecule has 1 rings (SSSR count). The van der Waals surface area contributed by atoms with Crippen molar-refractivity contribution in [3.05, 3.63) is 40.7 Å². The minimum Gasteiger partial charge on any atom is -0.197 e. The number of hydrogen-bond acceptors (Lipinski definition) is 0. The molecule has 0 nitrogen and oxygen atoms in total. The van der Waals surface area contributed by atoms with Crippen LogP contribution in [0, 0.1) is 11.8 Å². The van der Waals surface area contributed by atoms with E-state index in [2.05, 4.69) is 18.8 Å². The predicted molar refractivity (Wildman–Crippen MR) is 95.5 cm³/mol. The Kier molecular flexibility index (Phi) is 10.5. The molecule has 1 aromatic rings. The molecule has 0 saturated heterocycles. The van der Waals surface area contributed by atoms with Crippen LogP contribution < -0.4 is 0 Å². The van der Waals surface area contributed by atoms with E-state index in [9.17, 15) is 4.39 Å². The van der Waals surface area contributed by atoms with Crippen molar-refractivity contribution in [1.29, 1.82) is 0 Å². The van der Waals surface area contributed by atoms with E-state index in [0.717, 1.165) is 12.8 Å². The van der Waals surface area contributed by atoms with E-state index in [-0.39, 0.29) is 0 Å². The Labute approximate surface area is 139 Å². The molecule has 0 aliphatic carbocycles. The minimum absolute atomic E-state index is 0.423. The van der Waals surface area contributed by atoms with Crippen molar-refractivity contribution in [3.63, 3.8) is 0 Å². The number of allylic oxidation sites excluding steroid dienone is 1. The quantitative estimate of drug-likeness (QED) is 0.334. The largest absolute Gasteiger partial charge is 0.197 e. The molecular formula is C20H26ClF. The van der Waals surface area contributed by atoms with Crippen molar-refractivity contribution in [1.82, 2.24) is 0 Å². The fourth-order valence-electron chi connectivity index (χ4n) is 2.26. The molecular weight excluding hydrogens is 295 g/mol. The van der Waals surface area contributed by atoms with E-state index in [4.69, 9.17) is 11.6 Å². The maximum absolute atomic E-state index is 13.6. The lowest BCUT2D eigenvalue weighted by atomic mass is 10.1. The normalized spacial score (nSPS) is 11.1. The van der Waals surface area contributed by atoms with Crippen LogP contribution >= 0.6 is 11.6 Å². The van der Waals surface area contributed by atoms with Crippen molar-refractivity contribution < 1.29 is 4.39 Å². The SMILES string of the molecule is CCCCCCCCCCC#C/C(F)=C\c1ccccc1Cl. The molecule has 0 heterocycles. The minimum atomic E-state index is -0.423. The Morgan fingerprint density at radius 3 is 2.36 bits per heavy atom. The summed E-state index contributed by atoms with van der Waals surface area (Å²) in [6.07, 6.45) is 12.3. The summed E-state index contributed by atoms with van der Waals surface area (Å²) >= 11 is 5.97. The second kappa shape index (κ2) is 12.3. The van der Waals surface area contributed by atoms with Gasteiger partial charge in [0, 0.05) is 11.4 Å². The lowest BCUT2D eigenvalue weighted by Crippen LogP contribution is -1.80. The third kappa shape index (κ3) is 8.90. The Morgan fingerprint density at radius 1 is 1.05 bits per heavy atom. The first-order valence-electron chi connectivity index (χ1n) is 8.34. The summed E-state index contributed by atoms with van der Waals surface area (Å²) in [6.45, 7) is 2.23. The average molecular weight is 321 g/mol. The second-order valence-electron chi connectivity index (χ2n) is 5.54. The number of unbranched alkanes of at least 4 members (excludes halogenated alkanes) is 8. The van der Waals surface area contributed by atoms with Crippen molar-refractivity contribution in [2.24, 2.45) is 0 Å². The van der Waals surface area contributed by atoms with Crippen LogP contribution in [0.1, 0.15) is 70.3 Å². The monoisotopic (exact) mass is 320 g/mol. The maximum atomic E-state index is 13.6. The molecule has 0 spiro atoms. The molecule has 0 bridgehead atoms. The van der Waals surface area contributed by atoms with Gasteiger partial charge in [0.25, 0.3) is 0 Å². The van der Waals surface area contributed by atoms with E-state index in [1.54, 1.807) is 12.1 Å². The van der Waals surface area contributed by atoms with E-state index in [0.29, 0.717) is 10.6 Å². The third-order valence-corrected chi connectivity index (χ3v) is 3.89. The van der Waals surface area contributed by atoms with Crippen molar-refractivity contribution in [3.8, 4) is 11.8 Å². The predicted octanol–water partition coefficient (Wildman–Crippen LogP) is 7.18. The lowest BCUT2D eigenvalue weighted by Gasteiger charge is -1.99. The topological polar surface area (TPSA) is 0 Å². The average Bonchev–Trinajstić information content (AvgIpc) is 2.51. The fourth-order valence-corrected chi connectivity index (χ4v) is 2.45. The third-order valence-electron chi connectivity index (χ3n) is 3.55. The van der Waals surface area contributed by atoms with Gasteiger partial charge in [-0.05, 0) is 30.0 Å². The second-order valence-corrected chi connectivity index (χ2v) is 5.95. The molecule has 0 radical (unpaired) electrons. The molecule has 0 N–H and O–H groups in total. The molecule has 22 heavy (non-hydrogen) atoms. The zero-order valence-corrected chi connectivity index (χ0v) is 14.3. The fraction of sp³-hybridized carbons (Fsp3) is 0.500. The zero-order chi connectivity index (χ0) is 16.0. The van der Waals surface area contributed by atoms with Crippen molar-refractivity contribution in [2.45, 2.75) is 64.7 Å². The van der Waals surface area contributed by atoms with Gasteiger partial charge in [0.2, 0.25) is 0 Å². The Bertz CT molecular complexity index is 508. The Hall–Kier alpha value is -1.26. The maximum Gasteiger partial charge on any atom is 0.173 e. The van der Waals surface area contributed by atoms with Crippen LogP contribution in [-0.2, 0) is 0 Å². The molecule has 1 aromatic carbocycles. The zero-order valence-electron chi connectivity index (χ0n) is 13.5. The van der Waals surface area contributed by atoms with Crippen LogP contribution in [0.3, 0.4) is 0 Å². The summed E-state index contributed by atoms with van der Waals surface area (Å²) in [5.41, 5.74) is 0.669. The van der Waals surface area contributed by atoms with Gasteiger partial charge >= 0.3 is 0 Å². The van der Waals surface area contributed by atoms with Crippen molar-refractivity contribution >= 4 is 17.7 Å². The molecule has 0 unspecified atom stereocenters. The van der Waals surface area contributed by atoms with Gasteiger partial charge < -0.3 is 0 Å². The highest BCUT2D eigenvalue weighted by atomic mass is 35.5. The number of benzene rings is 1. The van der Waals surface area contributed by atoms with Crippen LogP contribution in [0.15, 0.2) is 30.1 Å². The summed E-state index contributed by atoms with van der Waals surface area (Å²) in [5.74, 6) is 5.04. The summed E-state index contributed by atoms with van der Waals surface area (Å²) in [7, 11) is 0. The number of halogens is 2. The molecule has 2 heteroatoms. The first-order valence-corrected chi connectivity index (χ1v) is 8.72. The van der Waals surface area contributed by atoms with Crippen molar-refractivity contribution in [2.75, 3.05) is 0 Å². The highest BCUT2D eigenvalue weighted by Gasteiger charge is 1.96. The van der Waals surface area contributed by atoms with Gasteiger partial charge in [-0.3, -0.25) is 0 Å². The number of rotatable bonds is 9. The molecule has 0 aromatic heterocycles. The van der Waals surface area contributed by atoms with Gasteiger partial charge in [0.1, 0.15) is 0 Å². The standard InChI is InChI=1S/C20H26ClF/c1-2-3-4-5-6-7-8-9-10-11-15-19(22)17-18-14-12-13-16-20(18)21/h12-14,16-17H,2-10H2,1H3/b19-17+. The highest BCUT2D eigenvalue weighted by Crippen LogP contribution is 2.18. The Morgan fingerprint density at radius 2 is 1.68 bits per heavy atom. The van der Waals surface area contributed by atoms with E-state index < -0.39 is 5.83 Å². The summed E-state index contributed by atoms with van der Waals surface area (Å²) < 4.78 is 13.6. The summed E-state index contributed by atoms with van der Waals surface area (Å²) in [6, 6.07) is 7.18. The highest BCUT2D eigenvalue weighted by molar-refractivity contribution is 6.32. The molecule has 0 atom stereocenters. The molecule has 0 saturated carbocycles. The van der Waals surface area contributed by atoms with Gasteiger partial charge in [0.05, 0.1) is 0 Å². The summed E-state index contributed by atoms with van der Waals surface area (Å²) in [4.78, 5) is 0. The van der Waals surface area contributed by atoms with E-state index >= 15 is 0 Å². The van der Waals surface area contributed by atoms with Gasteiger partial charge in [-0.25, -0.2) is 0 Å². The lowest BCUT2D eigenvalue weighted by molar-refractivity contribution is 0.579. The van der Waals surface area contributed by atoms with Crippen LogP contribution in [0.4, 0.5) is 4.39 Å². The van der Waals surface area contributed by atoms with Crippen LogP contribution in [0.2, 0.25) is 5.02 Å².